The predicted octanol–water partition coefficient (Wildman–Crippen LogP) is 2.80. The van der Waals surface area contributed by atoms with E-state index in [2.05, 4.69) is 15.2 Å². The number of hydrogen-bond acceptors (Lipinski definition) is 8. The first-order valence-corrected chi connectivity index (χ1v) is 13.3. The summed E-state index contributed by atoms with van der Waals surface area (Å²) < 4.78 is 12.8. The van der Waals surface area contributed by atoms with E-state index in [4.69, 9.17) is 9.47 Å². The average molecular weight is 522 g/mol. The van der Waals surface area contributed by atoms with Crippen molar-refractivity contribution < 1.29 is 19.1 Å². The van der Waals surface area contributed by atoms with Crippen molar-refractivity contribution in [1.29, 1.82) is 0 Å². The fourth-order valence-corrected chi connectivity index (χ4v) is 6.03. The first kappa shape index (κ1) is 23.8. The van der Waals surface area contributed by atoms with Crippen molar-refractivity contribution in [3.8, 4) is 5.88 Å². The summed E-state index contributed by atoms with van der Waals surface area (Å²) >= 11 is 1.49. The van der Waals surface area contributed by atoms with Crippen LogP contribution in [-0.4, -0.2) is 71.6 Å². The van der Waals surface area contributed by atoms with E-state index < -0.39 is 0 Å². The number of amides is 2. The highest BCUT2D eigenvalue weighted by Crippen LogP contribution is 2.36. The second kappa shape index (κ2) is 9.71. The van der Waals surface area contributed by atoms with Gasteiger partial charge in [-0.05, 0) is 43.3 Å². The van der Waals surface area contributed by atoms with Gasteiger partial charge in [0.1, 0.15) is 11.8 Å². The molecule has 2 atom stereocenters. The van der Waals surface area contributed by atoms with Crippen LogP contribution in [0.2, 0.25) is 0 Å². The van der Waals surface area contributed by atoms with Crippen LogP contribution in [0.15, 0.2) is 52.2 Å². The van der Waals surface area contributed by atoms with Gasteiger partial charge in [-0.25, -0.2) is 4.79 Å². The second-order valence-electron chi connectivity index (χ2n) is 9.49. The van der Waals surface area contributed by atoms with Gasteiger partial charge in [0.25, 0.3) is 5.56 Å². The van der Waals surface area contributed by atoms with Crippen LogP contribution in [0.5, 0.6) is 5.88 Å². The molecule has 2 aromatic heterocycles. The van der Waals surface area contributed by atoms with Gasteiger partial charge in [0.05, 0.1) is 18.6 Å². The van der Waals surface area contributed by atoms with Crippen LogP contribution in [-0.2, 0) is 16.1 Å². The van der Waals surface area contributed by atoms with E-state index >= 15 is 0 Å². The molecule has 0 aliphatic carbocycles. The molecule has 0 radical (unpaired) electrons. The number of ether oxygens (including phenoxy) is 2. The molecular weight excluding hydrogens is 494 g/mol. The number of benzene rings is 1. The Labute approximate surface area is 217 Å². The molecule has 3 aromatic rings. The maximum Gasteiger partial charge on any atom is 0.414 e. The van der Waals surface area contributed by atoms with Gasteiger partial charge < -0.3 is 14.8 Å². The summed E-state index contributed by atoms with van der Waals surface area (Å²) in [6, 6.07) is 12.7. The number of nitrogens with zero attached hydrogens (tertiary/aromatic N) is 4. The van der Waals surface area contributed by atoms with Gasteiger partial charge in [0, 0.05) is 60.2 Å². The molecular formula is C26H27N5O5S. The van der Waals surface area contributed by atoms with E-state index in [9.17, 15) is 14.4 Å². The molecule has 2 fully saturated rings. The average Bonchev–Trinajstić information content (AvgIpc) is 2.91. The molecule has 1 unspecified atom stereocenters. The lowest BCUT2D eigenvalue weighted by atomic mass is 9.91. The summed E-state index contributed by atoms with van der Waals surface area (Å²) in [7, 11) is 1.55. The number of nitrogens with one attached hydrogen (secondary N) is 1. The quantitative estimate of drug-likeness (QED) is 0.547. The fourth-order valence-electron chi connectivity index (χ4n) is 5.24. The summed E-state index contributed by atoms with van der Waals surface area (Å²) in [5.41, 5.74) is 1.95. The zero-order valence-corrected chi connectivity index (χ0v) is 21.2. The summed E-state index contributed by atoms with van der Waals surface area (Å²) in [5, 5.41) is 3.76. The van der Waals surface area contributed by atoms with Crippen molar-refractivity contribution >= 4 is 46.2 Å². The highest BCUT2D eigenvalue weighted by atomic mass is 32.2. The van der Waals surface area contributed by atoms with E-state index in [1.165, 1.54) is 11.8 Å². The minimum atomic E-state index is -0.376. The summed E-state index contributed by atoms with van der Waals surface area (Å²) in [6.45, 7) is 3.16. The maximum atomic E-state index is 12.9. The van der Waals surface area contributed by atoms with E-state index in [0.717, 1.165) is 34.6 Å². The Morgan fingerprint density at radius 2 is 1.97 bits per heavy atom. The number of rotatable bonds is 5. The normalized spacial score (nSPS) is 21.7. The Morgan fingerprint density at radius 1 is 1.11 bits per heavy atom. The molecule has 11 heteroatoms. The lowest BCUT2D eigenvalue weighted by molar-refractivity contribution is -0.113. The number of likely N-dealkylation sites (tertiary alicyclic amines) is 1. The van der Waals surface area contributed by atoms with Crippen molar-refractivity contribution in [2.45, 2.75) is 24.0 Å². The van der Waals surface area contributed by atoms with Crippen LogP contribution < -0.4 is 20.5 Å². The lowest BCUT2D eigenvalue weighted by Crippen LogP contribution is -2.56. The Hall–Kier alpha value is -3.57. The summed E-state index contributed by atoms with van der Waals surface area (Å²) in [5.74, 6) is 1.04. The number of aromatic nitrogens is 2. The Morgan fingerprint density at radius 3 is 2.84 bits per heavy atom. The molecule has 0 spiro atoms. The smallest absolute Gasteiger partial charge is 0.414 e. The SMILES string of the molecule is COc1ccc2ccc(=O)n(CCN3CC[C@@H]4CN(c5ccc6c(c5)NC(=O)CS6)C(=O)OC4C3)c2n1. The highest BCUT2D eigenvalue weighted by molar-refractivity contribution is 8.00. The minimum Gasteiger partial charge on any atom is -0.481 e. The third-order valence-corrected chi connectivity index (χ3v) is 8.31. The third-order valence-electron chi connectivity index (χ3n) is 7.23. The summed E-state index contributed by atoms with van der Waals surface area (Å²) in [4.78, 5) is 46.7. The first-order valence-electron chi connectivity index (χ1n) is 12.3. The highest BCUT2D eigenvalue weighted by Gasteiger charge is 2.40. The maximum absolute atomic E-state index is 12.9. The number of methoxy groups -OCH3 is 1. The van der Waals surface area contributed by atoms with Crippen LogP contribution in [0.25, 0.3) is 11.0 Å². The molecule has 1 N–H and O–H groups in total. The molecule has 6 rings (SSSR count). The molecule has 0 bridgehead atoms. The predicted molar refractivity (Wildman–Crippen MR) is 141 cm³/mol. The van der Waals surface area contributed by atoms with E-state index in [1.54, 1.807) is 34.8 Å². The first-order chi connectivity index (χ1) is 18.0. The van der Waals surface area contributed by atoms with E-state index in [-0.39, 0.29) is 29.6 Å². The van der Waals surface area contributed by atoms with Crippen LogP contribution in [0.4, 0.5) is 16.2 Å². The number of thioether (sulfide) groups is 1. The van der Waals surface area contributed by atoms with Crippen molar-refractivity contribution in [2.24, 2.45) is 5.92 Å². The minimum absolute atomic E-state index is 0.0380. The largest absolute Gasteiger partial charge is 0.481 e. The molecule has 192 valence electrons. The molecule has 5 heterocycles. The van der Waals surface area contributed by atoms with Gasteiger partial charge in [0.2, 0.25) is 11.8 Å². The standard InChI is InChI=1S/C26H27N5O5S/c1-35-23-6-2-16-3-7-24(33)30(25(16)28-23)11-10-29-9-8-17-13-31(26(34)36-20(17)14-29)18-4-5-21-19(12-18)27-22(32)15-37-21/h2-7,12,17,20H,8-11,13-15H2,1H3,(H,27,32)/t17-,20?/m1/s1. The van der Waals surface area contributed by atoms with Gasteiger partial charge in [0.15, 0.2) is 0 Å². The van der Waals surface area contributed by atoms with Crippen molar-refractivity contribution in [3.63, 3.8) is 0 Å². The monoisotopic (exact) mass is 521 g/mol. The molecule has 3 aliphatic heterocycles. The Balaban J connectivity index is 1.12. The van der Waals surface area contributed by atoms with Crippen molar-refractivity contribution in [2.75, 3.05) is 49.3 Å². The number of hydrogen-bond donors (Lipinski definition) is 1. The van der Waals surface area contributed by atoms with Gasteiger partial charge >= 0.3 is 6.09 Å². The Bertz CT molecular complexity index is 1440. The van der Waals surface area contributed by atoms with E-state index in [1.807, 2.05) is 24.3 Å². The molecule has 37 heavy (non-hydrogen) atoms. The van der Waals surface area contributed by atoms with Gasteiger partial charge in [-0.15, -0.1) is 11.8 Å². The summed E-state index contributed by atoms with van der Waals surface area (Å²) in [6.07, 6.45) is 0.301. The molecule has 1 aromatic carbocycles. The number of pyridine rings is 2. The zero-order valence-electron chi connectivity index (χ0n) is 20.4. The van der Waals surface area contributed by atoms with Crippen LogP contribution in [0, 0.1) is 5.92 Å². The number of fused-ring (bicyclic) bond motifs is 3. The third kappa shape index (κ3) is 4.64. The number of carbonyl (C=O) groups excluding carboxylic acids is 2. The van der Waals surface area contributed by atoms with Gasteiger partial charge in [-0.2, -0.15) is 4.98 Å². The molecule has 2 saturated heterocycles. The zero-order chi connectivity index (χ0) is 25.5. The van der Waals surface area contributed by atoms with Crippen LogP contribution >= 0.6 is 11.8 Å². The molecule has 3 aliphatic rings. The topological polar surface area (TPSA) is 106 Å². The number of carbonyl (C=O) groups is 2. The van der Waals surface area contributed by atoms with Crippen molar-refractivity contribution in [1.82, 2.24) is 14.5 Å². The fraction of sp³-hybridized carbons (Fsp3) is 0.385. The van der Waals surface area contributed by atoms with E-state index in [0.29, 0.717) is 43.5 Å². The molecule has 2 amide bonds. The lowest BCUT2D eigenvalue weighted by Gasteiger charge is -2.44. The van der Waals surface area contributed by atoms with Gasteiger partial charge in [-0.3, -0.25) is 24.0 Å². The van der Waals surface area contributed by atoms with Crippen LogP contribution in [0.1, 0.15) is 6.42 Å². The number of anilines is 2. The number of piperidine rings is 1. The Kier molecular flexibility index (Phi) is 6.25. The van der Waals surface area contributed by atoms with Gasteiger partial charge in [-0.1, -0.05) is 0 Å². The molecule has 10 nitrogen and oxygen atoms in total. The van der Waals surface area contributed by atoms with Crippen molar-refractivity contribution in [3.05, 3.63) is 52.8 Å². The molecule has 0 saturated carbocycles. The second-order valence-corrected chi connectivity index (χ2v) is 10.5. The van der Waals surface area contributed by atoms with Crippen LogP contribution in [0.3, 0.4) is 0 Å².